The molecule has 1 aromatic rings. The predicted molar refractivity (Wildman–Crippen MR) is 85.7 cm³/mol. The van der Waals surface area contributed by atoms with Gasteiger partial charge in [0.2, 0.25) is 0 Å². The second-order valence-corrected chi connectivity index (χ2v) is 6.72. The van der Waals surface area contributed by atoms with Crippen LogP contribution in [0.1, 0.15) is 46.1 Å². The van der Waals surface area contributed by atoms with E-state index in [0.29, 0.717) is 6.17 Å². The van der Waals surface area contributed by atoms with Crippen molar-refractivity contribution in [1.29, 1.82) is 0 Å². The van der Waals surface area contributed by atoms with Gasteiger partial charge >= 0.3 is 0 Å². The molecular weight excluding hydrogens is 244 g/mol. The fourth-order valence-corrected chi connectivity index (χ4v) is 4.43. The molecule has 108 valence electrons. The van der Waals surface area contributed by atoms with Gasteiger partial charge in [-0.15, -0.1) is 0 Å². The van der Waals surface area contributed by atoms with Crippen molar-refractivity contribution < 1.29 is 0 Å². The third-order valence-electron chi connectivity index (χ3n) is 6.16. The normalized spacial score (nSPS) is 35.1. The van der Waals surface area contributed by atoms with Crippen LogP contribution in [0.15, 0.2) is 36.7 Å². The third-order valence-corrected chi connectivity index (χ3v) is 6.16. The lowest BCUT2D eigenvalue weighted by atomic mass is 9.55. The maximum absolute atomic E-state index is 2.47. The molecule has 0 spiro atoms. The van der Waals surface area contributed by atoms with Crippen LogP contribution < -0.4 is 4.90 Å². The van der Waals surface area contributed by atoms with Crippen LogP contribution in [0, 0.1) is 5.41 Å². The minimum Gasteiger partial charge on any atom is -0.358 e. The zero-order chi connectivity index (χ0) is 14.5. The summed E-state index contributed by atoms with van der Waals surface area (Å²) in [4.78, 5) is 4.85. The first kappa shape index (κ1) is 13.5. The van der Waals surface area contributed by atoms with Crippen molar-refractivity contribution in [2.45, 2.75) is 52.1 Å². The Morgan fingerprint density at radius 1 is 1.05 bits per heavy atom. The minimum atomic E-state index is 0.208. The van der Waals surface area contributed by atoms with E-state index < -0.39 is 0 Å². The van der Waals surface area contributed by atoms with E-state index in [1.807, 2.05) is 0 Å². The monoisotopic (exact) mass is 270 g/mol. The molecule has 1 aromatic carbocycles. The van der Waals surface area contributed by atoms with Crippen LogP contribution in [-0.2, 0) is 5.41 Å². The van der Waals surface area contributed by atoms with Crippen LogP contribution >= 0.6 is 0 Å². The van der Waals surface area contributed by atoms with E-state index in [2.05, 4.69) is 81.2 Å². The van der Waals surface area contributed by atoms with Gasteiger partial charge in [0.05, 0.1) is 0 Å². The molecule has 3 rings (SSSR count). The molecule has 3 atom stereocenters. The lowest BCUT2D eigenvalue weighted by Crippen LogP contribution is -2.61. The van der Waals surface area contributed by atoms with Gasteiger partial charge in [-0.3, -0.25) is 0 Å². The van der Waals surface area contributed by atoms with Crippen LogP contribution in [0.5, 0.6) is 0 Å². The van der Waals surface area contributed by atoms with Crippen LogP contribution in [0.4, 0.5) is 5.69 Å². The van der Waals surface area contributed by atoms with Crippen LogP contribution in [0.2, 0.25) is 0 Å². The summed E-state index contributed by atoms with van der Waals surface area (Å²) >= 11 is 0. The topological polar surface area (TPSA) is 6.48 Å². The van der Waals surface area contributed by atoms with E-state index in [1.54, 1.807) is 0 Å². The smallest absolute Gasteiger partial charge is 0.111 e. The second kappa shape index (κ2) is 4.28. The molecule has 0 N–H and O–H groups in total. The number of hydrogen-bond donors (Lipinski definition) is 0. The minimum absolute atomic E-state index is 0.208. The van der Waals surface area contributed by atoms with Crippen molar-refractivity contribution in [1.82, 2.24) is 4.90 Å². The summed E-state index contributed by atoms with van der Waals surface area (Å²) in [5.41, 5.74) is 3.32. The van der Waals surface area contributed by atoms with E-state index in [4.69, 9.17) is 0 Å². The van der Waals surface area contributed by atoms with Crippen LogP contribution in [-0.4, -0.2) is 18.1 Å². The standard InChI is InChI=1S/C18H26N2/c1-6-17(3)14-10-8-9-11-15(14)20-13-12-19(5)16(20)18(17,4)7-2/h8-13,16H,6-7H2,1-5H3. The summed E-state index contributed by atoms with van der Waals surface area (Å²) in [6, 6.07) is 8.95. The molecule has 20 heavy (non-hydrogen) atoms. The highest BCUT2D eigenvalue weighted by molar-refractivity contribution is 5.64. The molecule has 0 saturated carbocycles. The first-order chi connectivity index (χ1) is 9.49. The zero-order valence-electron chi connectivity index (χ0n) is 13.4. The molecule has 0 bridgehead atoms. The van der Waals surface area contributed by atoms with Gasteiger partial charge in [0, 0.05) is 36.0 Å². The quantitative estimate of drug-likeness (QED) is 0.789. The Balaban J connectivity index is 2.29. The summed E-state index contributed by atoms with van der Waals surface area (Å²) in [7, 11) is 2.21. The first-order valence-corrected chi connectivity index (χ1v) is 7.77. The van der Waals surface area contributed by atoms with Gasteiger partial charge in [-0.2, -0.15) is 0 Å². The molecule has 3 unspecified atom stereocenters. The second-order valence-electron chi connectivity index (χ2n) is 6.72. The Morgan fingerprint density at radius 3 is 2.40 bits per heavy atom. The Hall–Kier alpha value is -1.44. The average molecular weight is 270 g/mol. The van der Waals surface area contributed by atoms with E-state index >= 15 is 0 Å². The van der Waals surface area contributed by atoms with E-state index in [9.17, 15) is 0 Å². The Kier molecular flexibility index (Phi) is 2.89. The van der Waals surface area contributed by atoms with Gasteiger partial charge in [0.15, 0.2) is 0 Å². The molecule has 2 nitrogen and oxygen atoms in total. The van der Waals surface area contributed by atoms with Crippen molar-refractivity contribution >= 4 is 5.69 Å². The van der Waals surface area contributed by atoms with E-state index in [-0.39, 0.29) is 10.8 Å². The summed E-state index contributed by atoms with van der Waals surface area (Å²) in [5, 5.41) is 0. The fraction of sp³-hybridized carbons (Fsp3) is 0.556. The zero-order valence-corrected chi connectivity index (χ0v) is 13.4. The SMILES string of the molecule is CCC1(C)c2ccccc2N2C=CN(C)C2C1(C)CC. The largest absolute Gasteiger partial charge is 0.358 e. The molecule has 2 aliphatic heterocycles. The van der Waals surface area contributed by atoms with Crippen molar-refractivity contribution in [2.75, 3.05) is 11.9 Å². The molecule has 0 radical (unpaired) electrons. The van der Waals surface area contributed by atoms with Crippen molar-refractivity contribution in [2.24, 2.45) is 5.41 Å². The van der Waals surface area contributed by atoms with Gasteiger partial charge in [-0.05, 0) is 24.5 Å². The van der Waals surface area contributed by atoms with Gasteiger partial charge in [0.1, 0.15) is 6.17 Å². The maximum atomic E-state index is 2.47. The summed E-state index contributed by atoms with van der Waals surface area (Å²) in [6.45, 7) is 9.60. The number of hydrogen-bond acceptors (Lipinski definition) is 2. The molecule has 2 heterocycles. The van der Waals surface area contributed by atoms with E-state index in [1.165, 1.54) is 24.1 Å². The highest BCUT2D eigenvalue weighted by Crippen LogP contribution is 2.58. The third kappa shape index (κ3) is 1.40. The van der Waals surface area contributed by atoms with E-state index in [0.717, 1.165) is 0 Å². The van der Waals surface area contributed by atoms with Gasteiger partial charge in [0.25, 0.3) is 0 Å². The predicted octanol–water partition coefficient (Wildman–Crippen LogP) is 4.33. The van der Waals surface area contributed by atoms with Gasteiger partial charge in [-0.1, -0.05) is 45.9 Å². The number of anilines is 1. The number of para-hydroxylation sites is 1. The Morgan fingerprint density at radius 2 is 1.75 bits per heavy atom. The lowest BCUT2D eigenvalue weighted by Gasteiger charge is -2.58. The summed E-state index contributed by atoms with van der Waals surface area (Å²) in [6.07, 6.45) is 7.24. The molecule has 0 fully saturated rings. The number of rotatable bonds is 2. The Bertz CT molecular complexity index is 550. The fourth-order valence-electron chi connectivity index (χ4n) is 4.43. The molecule has 2 heteroatoms. The highest BCUT2D eigenvalue weighted by atomic mass is 15.4. The number of fused-ring (bicyclic) bond motifs is 3. The van der Waals surface area contributed by atoms with Crippen LogP contribution in [0.3, 0.4) is 0 Å². The summed E-state index contributed by atoms with van der Waals surface area (Å²) in [5.74, 6) is 0. The van der Waals surface area contributed by atoms with Crippen molar-refractivity contribution in [3.05, 3.63) is 42.2 Å². The molecule has 0 aromatic heterocycles. The van der Waals surface area contributed by atoms with Crippen molar-refractivity contribution in [3.63, 3.8) is 0 Å². The molecule has 0 aliphatic carbocycles. The molecule has 0 amide bonds. The van der Waals surface area contributed by atoms with Gasteiger partial charge < -0.3 is 9.80 Å². The highest BCUT2D eigenvalue weighted by Gasteiger charge is 2.56. The average Bonchev–Trinajstić information content (AvgIpc) is 2.87. The number of benzene rings is 1. The molecule has 0 saturated heterocycles. The summed E-state index contributed by atoms with van der Waals surface area (Å²) < 4.78 is 0. The van der Waals surface area contributed by atoms with Gasteiger partial charge in [-0.25, -0.2) is 0 Å². The molecule has 2 aliphatic rings. The van der Waals surface area contributed by atoms with Crippen LogP contribution in [0.25, 0.3) is 0 Å². The molecular formula is C18H26N2. The first-order valence-electron chi connectivity index (χ1n) is 7.77. The Labute approximate surface area is 123 Å². The lowest BCUT2D eigenvalue weighted by molar-refractivity contribution is 0.0395. The maximum Gasteiger partial charge on any atom is 0.111 e. The van der Waals surface area contributed by atoms with Crippen molar-refractivity contribution in [3.8, 4) is 0 Å². The number of nitrogens with zero attached hydrogens (tertiary/aromatic N) is 2.